The molecular weight excluding hydrogens is 364 g/mol. The van der Waals surface area contributed by atoms with Gasteiger partial charge in [-0.05, 0) is 36.9 Å². The van der Waals surface area contributed by atoms with Crippen LogP contribution in [0.4, 0.5) is 0 Å². The van der Waals surface area contributed by atoms with Crippen molar-refractivity contribution in [3.63, 3.8) is 0 Å². The Balaban J connectivity index is 1.75. The van der Waals surface area contributed by atoms with Crippen molar-refractivity contribution in [3.05, 3.63) is 52.0 Å². The summed E-state index contributed by atoms with van der Waals surface area (Å²) in [6.45, 7) is 4.26. The van der Waals surface area contributed by atoms with Crippen molar-refractivity contribution in [1.82, 2.24) is 20.5 Å². The molecule has 0 bridgehead atoms. The molecule has 0 fully saturated rings. The lowest BCUT2D eigenvalue weighted by molar-refractivity contribution is -0.127. The van der Waals surface area contributed by atoms with Gasteiger partial charge in [-0.1, -0.05) is 12.1 Å². The van der Waals surface area contributed by atoms with E-state index in [-0.39, 0.29) is 36.9 Å². The van der Waals surface area contributed by atoms with E-state index in [9.17, 15) is 14.4 Å². The van der Waals surface area contributed by atoms with Crippen molar-refractivity contribution in [2.75, 3.05) is 13.1 Å². The Morgan fingerprint density at radius 3 is 2.81 bits per heavy atom. The number of aromatic nitrogens is 1. The molecule has 3 heterocycles. The lowest BCUT2D eigenvalue weighted by atomic mass is 9.93. The fraction of sp³-hybridized carbons (Fsp3) is 0.368. The second-order valence-corrected chi connectivity index (χ2v) is 7.65. The summed E-state index contributed by atoms with van der Waals surface area (Å²) in [5, 5.41) is 7.25. The molecule has 27 heavy (non-hydrogen) atoms. The molecule has 3 amide bonds. The predicted molar refractivity (Wildman–Crippen MR) is 102 cm³/mol. The van der Waals surface area contributed by atoms with Crippen molar-refractivity contribution in [2.45, 2.75) is 32.4 Å². The summed E-state index contributed by atoms with van der Waals surface area (Å²) in [6.07, 6.45) is 1.64. The molecule has 0 aliphatic carbocycles. The lowest BCUT2D eigenvalue weighted by Crippen LogP contribution is -2.46. The van der Waals surface area contributed by atoms with Gasteiger partial charge in [0.1, 0.15) is 0 Å². The molecule has 7 nitrogen and oxygen atoms in total. The number of thiophene rings is 1. The van der Waals surface area contributed by atoms with Crippen LogP contribution in [0.2, 0.25) is 0 Å². The average Bonchev–Trinajstić information content (AvgIpc) is 3.18. The zero-order chi connectivity index (χ0) is 19.4. The standard InChI is InChI=1S/C19H22N4O3S/c1-12(2)22-16(24)9-21-18(25)14-11-23(19(26)15-6-4-8-27-15)10-13-5-3-7-20-17(13)14/h3-8,12,14H,9-11H2,1-2H3,(H,21,25)(H,22,24). The highest BCUT2D eigenvalue weighted by atomic mass is 32.1. The number of amides is 3. The maximum atomic E-state index is 12.7. The van der Waals surface area contributed by atoms with Gasteiger partial charge in [0.15, 0.2) is 0 Å². The third-order valence-corrected chi connectivity index (χ3v) is 5.09. The number of nitrogens with zero attached hydrogens (tertiary/aromatic N) is 2. The summed E-state index contributed by atoms with van der Waals surface area (Å²) in [4.78, 5) is 44.0. The summed E-state index contributed by atoms with van der Waals surface area (Å²) in [7, 11) is 0. The van der Waals surface area contributed by atoms with Crippen LogP contribution in [-0.4, -0.2) is 46.7 Å². The third-order valence-electron chi connectivity index (χ3n) is 4.23. The molecule has 2 aromatic heterocycles. The van der Waals surface area contributed by atoms with Crippen LogP contribution in [-0.2, 0) is 16.1 Å². The molecule has 1 atom stereocenters. The Kier molecular flexibility index (Phi) is 5.85. The first-order valence-corrected chi connectivity index (χ1v) is 9.67. The first-order valence-electron chi connectivity index (χ1n) is 8.79. The number of hydrogen-bond acceptors (Lipinski definition) is 5. The number of pyridine rings is 1. The molecule has 0 aromatic carbocycles. The molecule has 1 aliphatic rings. The minimum Gasteiger partial charge on any atom is -0.352 e. The molecule has 3 rings (SSSR count). The van der Waals surface area contributed by atoms with Gasteiger partial charge in [-0.2, -0.15) is 0 Å². The average molecular weight is 386 g/mol. The highest BCUT2D eigenvalue weighted by Crippen LogP contribution is 2.28. The smallest absolute Gasteiger partial charge is 0.264 e. The second-order valence-electron chi connectivity index (χ2n) is 6.70. The van der Waals surface area contributed by atoms with Crippen molar-refractivity contribution < 1.29 is 14.4 Å². The summed E-state index contributed by atoms with van der Waals surface area (Å²) in [5.41, 5.74) is 1.51. The Bertz CT molecular complexity index is 835. The molecule has 1 unspecified atom stereocenters. The zero-order valence-corrected chi connectivity index (χ0v) is 16.1. The minimum absolute atomic E-state index is 0.00499. The van der Waals surface area contributed by atoms with E-state index in [1.54, 1.807) is 23.2 Å². The second kappa shape index (κ2) is 8.30. The number of nitrogens with one attached hydrogen (secondary N) is 2. The van der Waals surface area contributed by atoms with E-state index >= 15 is 0 Å². The first-order chi connectivity index (χ1) is 13.0. The minimum atomic E-state index is -0.606. The van der Waals surface area contributed by atoms with E-state index in [1.807, 2.05) is 31.4 Å². The van der Waals surface area contributed by atoms with Crippen LogP contribution in [0.1, 0.15) is 40.7 Å². The van der Waals surface area contributed by atoms with E-state index in [2.05, 4.69) is 15.6 Å². The van der Waals surface area contributed by atoms with Gasteiger partial charge >= 0.3 is 0 Å². The topological polar surface area (TPSA) is 91.4 Å². The monoisotopic (exact) mass is 386 g/mol. The number of carbonyl (C=O) groups is 3. The fourth-order valence-electron chi connectivity index (χ4n) is 3.06. The van der Waals surface area contributed by atoms with Crippen LogP contribution in [0.15, 0.2) is 35.8 Å². The van der Waals surface area contributed by atoms with Crippen LogP contribution < -0.4 is 10.6 Å². The SMILES string of the molecule is CC(C)NC(=O)CNC(=O)C1CN(C(=O)c2cccs2)Cc2cccnc21. The maximum absolute atomic E-state index is 12.7. The van der Waals surface area contributed by atoms with E-state index in [1.165, 1.54) is 11.3 Å². The van der Waals surface area contributed by atoms with Crippen molar-refractivity contribution >= 4 is 29.1 Å². The first kappa shape index (κ1) is 19.0. The Labute approximate surface area is 161 Å². The van der Waals surface area contributed by atoms with Gasteiger partial charge in [0.25, 0.3) is 5.91 Å². The summed E-state index contributed by atoms with van der Waals surface area (Å²) in [6, 6.07) is 7.28. The van der Waals surface area contributed by atoms with Gasteiger partial charge in [0.05, 0.1) is 23.0 Å². The van der Waals surface area contributed by atoms with Crippen molar-refractivity contribution in [2.24, 2.45) is 0 Å². The quantitative estimate of drug-likeness (QED) is 0.815. The van der Waals surface area contributed by atoms with Gasteiger partial charge in [0.2, 0.25) is 11.8 Å². The predicted octanol–water partition coefficient (Wildman–Crippen LogP) is 1.52. The van der Waals surface area contributed by atoms with Gasteiger partial charge in [-0.25, -0.2) is 0 Å². The van der Waals surface area contributed by atoms with E-state index in [0.29, 0.717) is 17.1 Å². The number of fused-ring (bicyclic) bond motifs is 1. The Hall–Kier alpha value is -2.74. The molecule has 2 aromatic rings. The highest BCUT2D eigenvalue weighted by Gasteiger charge is 2.34. The molecule has 2 N–H and O–H groups in total. The van der Waals surface area contributed by atoms with Gasteiger partial charge in [-0.3, -0.25) is 19.4 Å². The zero-order valence-electron chi connectivity index (χ0n) is 15.3. The Morgan fingerprint density at radius 2 is 2.11 bits per heavy atom. The summed E-state index contributed by atoms with van der Waals surface area (Å²) >= 11 is 1.38. The largest absolute Gasteiger partial charge is 0.352 e. The summed E-state index contributed by atoms with van der Waals surface area (Å²) < 4.78 is 0. The fourth-order valence-corrected chi connectivity index (χ4v) is 3.75. The summed E-state index contributed by atoms with van der Waals surface area (Å²) in [5.74, 6) is -1.26. The van der Waals surface area contributed by atoms with Gasteiger partial charge in [0, 0.05) is 25.3 Å². The molecular formula is C19H22N4O3S. The maximum Gasteiger partial charge on any atom is 0.264 e. The van der Waals surface area contributed by atoms with Crippen LogP contribution >= 0.6 is 11.3 Å². The molecule has 0 saturated heterocycles. The number of hydrogen-bond donors (Lipinski definition) is 2. The van der Waals surface area contributed by atoms with Crippen LogP contribution in [0.3, 0.4) is 0 Å². The van der Waals surface area contributed by atoms with Crippen molar-refractivity contribution in [3.8, 4) is 0 Å². The molecule has 0 radical (unpaired) electrons. The molecule has 0 spiro atoms. The molecule has 0 saturated carbocycles. The Morgan fingerprint density at radius 1 is 1.30 bits per heavy atom. The molecule has 142 valence electrons. The van der Waals surface area contributed by atoms with Crippen LogP contribution in [0, 0.1) is 0 Å². The highest BCUT2D eigenvalue weighted by molar-refractivity contribution is 7.12. The molecule has 1 aliphatic heterocycles. The van der Waals surface area contributed by atoms with E-state index in [0.717, 1.165) is 5.56 Å². The third kappa shape index (κ3) is 4.51. The van der Waals surface area contributed by atoms with Crippen LogP contribution in [0.25, 0.3) is 0 Å². The normalized spacial score (nSPS) is 16.0. The number of rotatable bonds is 5. The van der Waals surface area contributed by atoms with E-state index in [4.69, 9.17) is 0 Å². The molecule has 8 heteroatoms. The van der Waals surface area contributed by atoms with Gasteiger partial charge < -0.3 is 15.5 Å². The number of carbonyl (C=O) groups excluding carboxylic acids is 3. The van der Waals surface area contributed by atoms with E-state index < -0.39 is 5.92 Å². The van der Waals surface area contributed by atoms with Crippen molar-refractivity contribution in [1.29, 1.82) is 0 Å². The van der Waals surface area contributed by atoms with Crippen LogP contribution in [0.5, 0.6) is 0 Å². The van der Waals surface area contributed by atoms with Gasteiger partial charge in [-0.15, -0.1) is 11.3 Å². The lowest BCUT2D eigenvalue weighted by Gasteiger charge is -2.33.